The number of benzene rings is 2. The molecule has 164 valence electrons. The molecule has 0 amide bonds. The lowest BCUT2D eigenvalue weighted by molar-refractivity contribution is 0.0904. The molecule has 1 aliphatic heterocycles. The molecule has 0 bridgehead atoms. The summed E-state index contributed by atoms with van der Waals surface area (Å²) in [6.45, 7) is 3.65. The zero-order chi connectivity index (χ0) is 21.8. The van der Waals surface area contributed by atoms with Gasteiger partial charge in [-0.05, 0) is 73.7 Å². The fraction of sp³-hybridized carbons (Fsp3) is 0.318. The smallest absolute Gasteiger partial charge is 0.183 e. The maximum absolute atomic E-state index is 6.29. The molecule has 2 N–H and O–H groups in total. The van der Waals surface area contributed by atoms with Gasteiger partial charge in [-0.15, -0.1) is 0 Å². The molecule has 2 aromatic carbocycles. The summed E-state index contributed by atoms with van der Waals surface area (Å²) in [4.78, 5) is 6.85. The molecule has 1 aliphatic rings. The molecule has 2 heterocycles. The first-order chi connectivity index (χ1) is 15.0. The van der Waals surface area contributed by atoms with E-state index in [-0.39, 0.29) is 0 Å². The van der Waals surface area contributed by atoms with Gasteiger partial charge in [-0.3, -0.25) is 0 Å². The number of nitrogens with one attached hydrogen (secondary N) is 2. The van der Waals surface area contributed by atoms with Crippen molar-refractivity contribution in [2.24, 2.45) is 0 Å². The average Bonchev–Trinajstić information content (AvgIpc) is 3.13. The fourth-order valence-electron chi connectivity index (χ4n) is 3.32. The third kappa shape index (κ3) is 5.59. The molecule has 1 fully saturated rings. The van der Waals surface area contributed by atoms with Gasteiger partial charge in [0.15, 0.2) is 5.13 Å². The number of hydrogen-bond donors (Lipinski definition) is 2. The Morgan fingerprint density at radius 3 is 2.71 bits per heavy atom. The van der Waals surface area contributed by atoms with Gasteiger partial charge in [-0.1, -0.05) is 34.5 Å². The first kappa shape index (κ1) is 22.6. The maximum Gasteiger partial charge on any atom is 0.183 e. The maximum atomic E-state index is 6.29. The predicted octanol–water partition coefficient (Wildman–Crippen LogP) is 7.14. The van der Waals surface area contributed by atoms with Gasteiger partial charge < -0.3 is 19.5 Å². The highest BCUT2D eigenvalue weighted by Crippen LogP contribution is 2.39. The summed E-state index contributed by atoms with van der Waals surface area (Å²) in [6.07, 6.45) is 2.02. The minimum Gasteiger partial charge on any atom is -0.496 e. The van der Waals surface area contributed by atoms with E-state index in [9.17, 15) is 0 Å². The molecule has 5 nitrogen and oxygen atoms in total. The van der Waals surface area contributed by atoms with Crippen molar-refractivity contribution >= 4 is 57.3 Å². The number of anilines is 2. The molecule has 31 heavy (non-hydrogen) atoms. The summed E-state index contributed by atoms with van der Waals surface area (Å²) in [5.41, 5.74) is 2.90. The SMILES string of the molecule is COc1ccc(-c2sc(NC3CCOCC3)nc2C)cc1SNc1ccc(Cl)cc1Cl. The zero-order valence-corrected chi connectivity index (χ0v) is 20.4. The van der Waals surface area contributed by atoms with Gasteiger partial charge in [0.1, 0.15) is 5.75 Å². The summed E-state index contributed by atoms with van der Waals surface area (Å²) in [6, 6.07) is 12.0. The van der Waals surface area contributed by atoms with Crippen LogP contribution in [0.4, 0.5) is 10.8 Å². The lowest BCUT2D eigenvalue weighted by atomic mass is 10.1. The quantitative estimate of drug-likeness (QED) is 0.339. The molecule has 0 saturated carbocycles. The number of rotatable bonds is 7. The molecule has 0 unspecified atom stereocenters. The van der Waals surface area contributed by atoms with Crippen LogP contribution in [0.15, 0.2) is 41.3 Å². The number of hydrogen-bond acceptors (Lipinski definition) is 7. The van der Waals surface area contributed by atoms with Gasteiger partial charge in [0.25, 0.3) is 0 Å². The number of thiazole rings is 1. The lowest BCUT2D eigenvalue weighted by Gasteiger charge is -2.22. The fourth-order valence-corrected chi connectivity index (χ4v) is 5.71. The standard InChI is InChI=1S/C22H23Cl2N3O2S2/c1-13-21(30-22(25-13)26-16-7-9-29-10-8-16)14-3-6-19(28-2)20(11-14)31-27-18-5-4-15(23)12-17(18)24/h3-6,11-12,16,27H,7-10H2,1-2H3,(H,25,26). The average molecular weight is 496 g/mol. The Balaban J connectivity index is 1.54. The van der Waals surface area contributed by atoms with Crippen molar-refractivity contribution in [3.05, 3.63) is 52.1 Å². The number of aryl methyl sites for hydroxylation is 1. The first-order valence-electron chi connectivity index (χ1n) is 9.91. The van der Waals surface area contributed by atoms with Crippen molar-refractivity contribution in [1.82, 2.24) is 4.98 Å². The second-order valence-corrected chi connectivity index (χ2v) is 9.85. The number of methoxy groups -OCH3 is 1. The largest absolute Gasteiger partial charge is 0.496 e. The van der Waals surface area contributed by atoms with Crippen molar-refractivity contribution in [3.63, 3.8) is 0 Å². The molecule has 1 saturated heterocycles. The number of aromatic nitrogens is 1. The molecule has 0 aliphatic carbocycles. The van der Waals surface area contributed by atoms with Crippen LogP contribution in [0, 0.1) is 6.92 Å². The van der Waals surface area contributed by atoms with Crippen molar-refractivity contribution in [3.8, 4) is 16.2 Å². The summed E-state index contributed by atoms with van der Waals surface area (Å²) < 4.78 is 14.3. The Hall–Kier alpha value is -1.64. The second-order valence-electron chi connectivity index (χ2n) is 7.16. The molecule has 0 atom stereocenters. The summed E-state index contributed by atoms with van der Waals surface area (Å²) >= 11 is 15.4. The Bertz CT molecular complexity index is 1060. The first-order valence-corrected chi connectivity index (χ1v) is 12.3. The van der Waals surface area contributed by atoms with Crippen LogP contribution in [-0.2, 0) is 4.74 Å². The zero-order valence-electron chi connectivity index (χ0n) is 17.2. The van der Waals surface area contributed by atoms with Crippen molar-refractivity contribution in [2.45, 2.75) is 30.7 Å². The summed E-state index contributed by atoms with van der Waals surface area (Å²) in [7, 11) is 1.67. The predicted molar refractivity (Wildman–Crippen MR) is 132 cm³/mol. The van der Waals surface area contributed by atoms with E-state index in [2.05, 4.69) is 22.2 Å². The Morgan fingerprint density at radius 2 is 1.97 bits per heavy atom. The molecular weight excluding hydrogens is 473 g/mol. The van der Waals surface area contributed by atoms with Crippen LogP contribution < -0.4 is 14.8 Å². The van der Waals surface area contributed by atoms with Gasteiger partial charge in [0.05, 0.1) is 33.3 Å². The topological polar surface area (TPSA) is 55.4 Å². The van der Waals surface area contributed by atoms with E-state index >= 15 is 0 Å². The number of halogens is 2. The molecule has 4 rings (SSSR count). The molecule has 1 aromatic heterocycles. The highest BCUT2D eigenvalue weighted by molar-refractivity contribution is 8.00. The number of ether oxygens (including phenoxy) is 2. The van der Waals surface area contributed by atoms with Crippen LogP contribution >= 0.6 is 46.5 Å². The molecule has 9 heteroatoms. The van der Waals surface area contributed by atoms with E-state index in [1.165, 1.54) is 11.9 Å². The van der Waals surface area contributed by atoms with Crippen LogP contribution in [-0.4, -0.2) is 31.3 Å². The third-order valence-electron chi connectivity index (χ3n) is 4.97. The van der Waals surface area contributed by atoms with Crippen molar-refractivity contribution in [1.29, 1.82) is 0 Å². The molecule has 3 aromatic rings. The Morgan fingerprint density at radius 1 is 1.16 bits per heavy atom. The minimum absolute atomic E-state index is 0.419. The van der Waals surface area contributed by atoms with Gasteiger partial charge in [0, 0.05) is 24.3 Å². The van der Waals surface area contributed by atoms with Crippen LogP contribution in [0.25, 0.3) is 10.4 Å². The van der Waals surface area contributed by atoms with Gasteiger partial charge in [-0.25, -0.2) is 4.98 Å². The van der Waals surface area contributed by atoms with Crippen molar-refractivity contribution in [2.75, 3.05) is 30.4 Å². The van der Waals surface area contributed by atoms with E-state index in [1.807, 2.05) is 19.1 Å². The third-order valence-corrected chi connectivity index (χ3v) is 7.52. The molecule has 0 spiro atoms. The van der Waals surface area contributed by atoms with E-state index < -0.39 is 0 Å². The monoisotopic (exact) mass is 495 g/mol. The minimum atomic E-state index is 0.419. The van der Waals surface area contributed by atoms with Gasteiger partial charge in [-0.2, -0.15) is 0 Å². The Kier molecular flexibility index (Phi) is 7.51. The summed E-state index contributed by atoms with van der Waals surface area (Å²) in [5, 5.41) is 5.69. The highest BCUT2D eigenvalue weighted by Gasteiger charge is 2.18. The van der Waals surface area contributed by atoms with E-state index in [4.69, 9.17) is 37.7 Å². The Labute approximate surface area is 200 Å². The van der Waals surface area contributed by atoms with E-state index in [1.54, 1.807) is 30.6 Å². The molecular formula is C22H23Cl2N3O2S2. The highest BCUT2D eigenvalue weighted by atomic mass is 35.5. The van der Waals surface area contributed by atoms with Gasteiger partial charge in [0.2, 0.25) is 0 Å². The van der Waals surface area contributed by atoms with Crippen LogP contribution in [0.3, 0.4) is 0 Å². The van der Waals surface area contributed by atoms with Crippen LogP contribution in [0.2, 0.25) is 10.0 Å². The van der Waals surface area contributed by atoms with Crippen LogP contribution in [0.5, 0.6) is 5.75 Å². The lowest BCUT2D eigenvalue weighted by Crippen LogP contribution is -2.27. The summed E-state index contributed by atoms with van der Waals surface area (Å²) in [5.74, 6) is 0.786. The molecule has 0 radical (unpaired) electrons. The van der Waals surface area contributed by atoms with Crippen molar-refractivity contribution < 1.29 is 9.47 Å². The van der Waals surface area contributed by atoms with Gasteiger partial charge >= 0.3 is 0 Å². The van der Waals surface area contributed by atoms with Crippen LogP contribution in [0.1, 0.15) is 18.5 Å². The second kappa shape index (κ2) is 10.3. The number of nitrogens with zero attached hydrogens (tertiary/aromatic N) is 1. The van der Waals surface area contributed by atoms with E-state index in [0.29, 0.717) is 16.1 Å². The normalized spacial score (nSPS) is 14.5. The van der Waals surface area contributed by atoms with E-state index in [0.717, 1.165) is 63.7 Å².